The Balaban J connectivity index is 2.14. The van der Waals surface area contributed by atoms with Crippen LogP contribution in [0, 0.1) is 0 Å². The van der Waals surface area contributed by atoms with Crippen LogP contribution in [0.5, 0.6) is 0 Å². The lowest BCUT2D eigenvalue weighted by Crippen LogP contribution is -2.31. The Hall–Kier alpha value is -1.37. The SMILES string of the molecule is COCCN1C(=O)/C(=C/c2ccc(N(C)C)cc2)SC1=S. The smallest absolute Gasteiger partial charge is 0.266 e. The third-order valence-corrected chi connectivity index (χ3v) is 4.48. The number of amides is 1. The van der Waals surface area contributed by atoms with Gasteiger partial charge in [0.1, 0.15) is 4.32 Å². The van der Waals surface area contributed by atoms with E-state index in [1.165, 1.54) is 11.8 Å². The quantitative estimate of drug-likeness (QED) is 0.615. The third-order valence-electron chi connectivity index (χ3n) is 3.10. The second kappa shape index (κ2) is 7.06. The number of thioether (sulfide) groups is 1. The topological polar surface area (TPSA) is 32.8 Å². The second-order valence-electron chi connectivity index (χ2n) is 4.81. The van der Waals surface area contributed by atoms with Crippen LogP contribution in [0.25, 0.3) is 6.08 Å². The van der Waals surface area contributed by atoms with E-state index < -0.39 is 0 Å². The molecule has 0 aliphatic carbocycles. The first-order chi connectivity index (χ1) is 10.0. The van der Waals surface area contributed by atoms with E-state index in [-0.39, 0.29) is 5.91 Å². The summed E-state index contributed by atoms with van der Waals surface area (Å²) in [6.45, 7) is 0.981. The molecule has 0 N–H and O–H groups in total. The van der Waals surface area contributed by atoms with Crippen LogP contribution in [0.15, 0.2) is 29.2 Å². The van der Waals surface area contributed by atoms with E-state index >= 15 is 0 Å². The third kappa shape index (κ3) is 3.84. The molecule has 21 heavy (non-hydrogen) atoms. The fourth-order valence-corrected chi connectivity index (χ4v) is 3.20. The van der Waals surface area contributed by atoms with Gasteiger partial charge in [0.05, 0.1) is 18.1 Å². The van der Waals surface area contributed by atoms with E-state index in [1.807, 2.05) is 49.3 Å². The van der Waals surface area contributed by atoms with Gasteiger partial charge in [-0.15, -0.1) is 0 Å². The molecule has 0 spiro atoms. The summed E-state index contributed by atoms with van der Waals surface area (Å²) in [5, 5.41) is 0. The highest BCUT2D eigenvalue weighted by molar-refractivity contribution is 8.26. The van der Waals surface area contributed by atoms with Crippen LogP contribution < -0.4 is 4.90 Å². The molecule has 1 heterocycles. The summed E-state index contributed by atoms with van der Waals surface area (Å²) in [5.74, 6) is -0.0428. The fourth-order valence-electron chi connectivity index (χ4n) is 1.90. The van der Waals surface area contributed by atoms with E-state index in [2.05, 4.69) is 0 Å². The Morgan fingerprint density at radius 3 is 2.57 bits per heavy atom. The molecule has 0 unspecified atom stereocenters. The Labute approximate surface area is 134 Å². The van der Waals surface area contributed by atoms with Crippen molar-refractivity contribution < 1.29 is 9.53 Å². The number of nitrogens with zero attached hydrogens (tertiary/aromatic N) is 2. The average Bonchev–Trinajstić information content (AvgIpc) is 2.72. The number of benzene rings is 1. The standard InChI is InChI=1S/C15H18N2O2S2/c1-16(2)12-6-4-11(5-7-12)10-13-14(18)17(8-9-19-3)15(20)21-13/h4-7,10H,8-9H2,1-3H3/b13-10-. The summed E-state index contributed by atoms with van der Waals surface area (Å²) in [4.78, 5) is 16.6. The van der Waals surface area contributed by atoms with Crippen molar-refractivity contribution in [2.24, 2.45) is 0 Å². The fraction of sp³-hybridized carbons (Fsp3) is 0.333. The van der Waals surface area contributed by atoms with E-state index in [1.54, 1.807) is 12.0 Å². The summed E-state index contributed by atoms with van der Waals surface area (Å²) in [5.41, 5.74) is 2.12. The zero-order chi connectivity index (χ0) is 15.4. The molecule has 1 saturated heterocycles. The second-order valence-corrected chi connectivity index (χ2v) is 6.49. The number of carbonyl (C=O) groups excluding carboxylic acids is 1. The molecule has 2 rings (SSSR count). The Morgan fingerprint density at radius 1 is 1.33 bits per heavy atom. The Kier molecular flexibility index (Phi) is 5.39. The molecule has 0 bridgehead atoms. The lowest BCUT2D eigenvalue weighted by molar-refractivity contribution is -0.122. The van der Waals surface area contributed by atoms with E-state index in [4.69, 9.17) is 17.0 Å². The predicted octanol–water partition coefficient (Wildman–Crippen LogP) is 2.60. The minimum atomic E-state index is -0.0428. The maximum absolute atomic E-state index is 12.3. The van der Waals surface area contributed by atoms with Crippen molar-refractivity contribution in [2.75, 3.05) is 39.3 Å². The summed E-state index contributed by atoms with van der Waals surface area (Å²) in [7, 11) is 5.60. The van der Waals surface area contributed by atoms with Crippen molar-refractivity contribution in [2.45, 2.75) is 0 Å². The van der Waals surface area contributed by atoms with Crippen LogP contribution in [0.2, 0.25) is 0 Å². The van der Waals surface area contributed by atoms with E-state index in [9.17, 15) is 4.79 Å². The Bertz CT molecular complexity index is 568. The lowest BCUT2D eigenvalue weighted by atomic mass is 10.2. The van der Waals surface area contributed by atoms with E-state index in [0.717, 1.165) is 11.3 Å². The molecule has 112 valence electrons. The van der Waals surface area contributed by atoms with Crippen molar-refractivity contribution >= 4 is 46.0 Å². The van der Waals surface area contributed by atoms with Crippen LogP contribution in [0.3, 0.4) is 0 Å². The minimum Gasteiger partial charge on any atom is -0.383 e. The van der Waals surface area contributed by atoms with E-state index in [0.29, 0.717) is 22.4 Å². The first-order valence-corrected chi connectivity index (χ1v) is 7.77. The largest absolute Gasteiger partial charge is 0.383 e. The van der Waals surface area contributed by atoms with Gasteiger partial charge in [0.25, 0.3) is 5.91 Å². The number of hydrogen-bond acceptors (Lipinski definition) is 5. The van der Waals surface area contributed by atoms with Gasteiger partial charge in [-0.1, -0.05) is 36.1 Å². The van der Waals surface area contributed by atoms with Gasteiger partial charge in [0.15, 0.2) is 0 Å². The number of methoxy groups -OCH3 is 1. The number of ether oxygens (including phenoxy) is 1. The van der Waals surface area contributed by atoms with Crippen molar-refractivity contribution in [3.8, 4) is 0 Å². The molecule has 1 fully saturated rings. The zero-order valence-corrected chi connectivity index (χ0v) is 14.0. The minimum absolute atomic E-state index is 0.0428. The van der Waals surface area contributed by atoms with Gasteiger partial charge >= 0.3 is 0 Å². The highest BCUT2D eigenvalue weighted by Gasteiger charge is 2.31. The molecule has 0 atom stereocenters. The molecule has 1 aromatic carbocycles. The Morgan fingerprint density at radius 2 is 2.00 bits per heavy atom. The number of rotatable bonds is 5. The summed E-state index contributed by atoms with van der Waals surface area (Å²) in [6, 6.07) is 8.04. The molecule has 1 aliphatic heterocycles. The summed E-state index contributed by atoms with van der Waals surface area (Å²) in [6.07, 6.45) is 1.88. The lowest BCUT2D eigenvalue weighted by Gasteiger charge is -2.13. The molecule has 4 nitrogen and oxygen atoms in total. The maximum atomic E-state index is 12.3. The number of thiocarbonyl (C=S) groups is 1. The molecule has 0 aromatic heterocycles. The molecular formula is C15H18N2O2S2. The van der Waals surface area contributed by atoms with Crippen LogP contribution >= 0.6 is 24.0 Å². The van der Waals surface area contributed by atoms with Crippen LogP contribution in [0.1, 0.15) is 5.56 Å². The molecule has 0 radical (unpaired) electrons. The zero-order valence-electron chi connectivity index (χ0n) is 12.3. The van der Waals surface area contributed by atoms with Crippen molar-refractivity contribution in [1.29, 1.82) is 0 Å². The van der Waals surface area contributed by atoms with Crippen LogP contribution in [-0.4, -0.2) is 49.5 Å². The van der Waals surface area contributed by atoms with Crippen LogP contribution in [-0.2, 0) is 9.53 Å². The van der Waals surface area contributed by atoms with Gasteiger partial charge < -0.3 is 9.64 Å². The first-order valence-electron chi connectivity index (χ1n) is 6.54. The molecule has 1 amide bonds. The van der Waals surface area contributed by atoms with Gasteiger partial charge in [0, 0.05) is 26.9 Å². The van der Waals surface area contributed by atoms with Gasteiger partial charge in [-0.05, 0) is 23.8 Å². The maximum Gasteiger partial charge on any atom is 0.266 e. The molecule has 1 aliphatic rings. The van der Waals surface area contributed by atoms with Crippen molar-refractivity contribution in [1.82, 2.24) is 4.90 Å². The highest BCUT2D eigenvalue weighted by atomic mass is 32.2. The molecule has 6 heteroatoms. The number of anilines is 1. The molecular weight excluding hydrogens is 304 g/mol. The summed E-state index contributed by atoms with van der Waals surface area (Å²) >= 11 is 6.58. The highest BCUT2D eigenvalue weighted by Crippen LogP contribution is 2.32. The molecule has 1 aromatic rings. The normalized spacial score (nSPS) is 16.9. The molecule has 0 saturated carbocycles. The number of carbonyl (C=O) groups is 1. The van der Waals surface area contributed by atoms with Gasteiger partial charge in [-0.3, -0.25) is 9.69 Å². The van der Waals surface area contributed by atoms with Gasteiger partial charge in [-0.2, -0.15) is 0 Å². The monoisotopic (exact) mass is 322 g/mol. The first kappa shape index (κ1) is 16.0. The van der Waals surface area contributed by atoms with Crippen molar-refractivity contribution in [3.63, 3.8) is 0 Å². The predicted molar refractivity (Wildman–Crippen MR) is 92.5 cm³/mol. The van der Waals surface area contributed by atoms with Crippen molar-refractivity contribution in [3.05, 3.63) is 34.7 Å². The van der Waals surface area contributed by atoms with Gasteiger partial charge in [0.2, 0.25) is 0 Å². The average molecular weight is 322 g/mol. The van der Waals surface area contributed by atoms with Gasteiger partial charge in [-0.25, -0.2) is 0 Å². The number of hydrogen-bond donors (Lipinski definition) is 0. The summed E-state index contributed by atoms with van der Waals surface area (Å²) < 4.78 is 5.59. The van der Waals surface area contributed by atoms with Crippen LogP contribution in [0.4, 0.5) is 5.69 Å².